The Balaban J connectivity index is 2.27. The molecule has 3 unspecified atom stereocenters. The molecular formula is C14H14ClNO2. The summed E-state index contributed by atoms with van der Waals surface area (Å²) in [4.78, 5) is 12.3. The lowest BCUT2D eigenvalue weighted by Gasteiger charge is -2.17. The van der Waals surface area contributed by atoms with Crippen LogP contribution in [0.1, 0.15) is 24.8 Å². The lowest BCUT2D eigenvalue weighted by atomic mass is 9.88. The van der Waals surface area contributed by atoms with Gasteiger partial charge in [-0.2, -0.15) is 5.26 Å². The molecular weight excluding hydrogens is 250 g/mol. The second kappa shape index (κ2) is 5.51. The van der Waals surface area contributed by atoms with Gasteiger partial charge in [0.25, 0.3) is 0 Å². The molecule has 1 saturated heterocycles. The van der Waals surface area contributed by atoms with Crippen molar-refractivity contribution in [3.63, 3.8) is 0 Å². The van der Waals surface area contributed by atoms with E-state index in [9.17, 15) is 10.1 Å². The van der Waals surface area contributed by atoms with Gasteiger partial charge in [-0.15, -0.1) is 0 Å². The van der Waals surface area contributed by atoms with E-state index in [0.29, 0.717) is 17.2 Å². The zero-order valence-corrected chi connectivity index (χ0v) is 10.9. The fourth-order valence-electron chi connectivity index (χ4n) is 2.22. The smallest absolute Gasteiger partial charge is 0.183 e. The topological polar surface area (TPSA) is 50.1 Å². The van der Waals surface area contributed by atoms with Crippen molar-refractivity contribution >= 4 is 17.4 Å². The molecule has 2 rings (SSSR count). The van der Waals surface area contributed by atoms with Crippen LogP contribution in [0.15, 0.2) is 24.3 Å². The lowest BCUT2D eigenvalue weighted by molar-refractivity contribution is -0.129. The van der Waals surface area contributed by atoms with Crippen molar-refractivity contribution in [1.82, 2.24) is 0 Å². The van der Waals surface area contributed by atoms with Crippen LogP contribution in [0.3, 0.4) is 0 Å². The maximum absolute atomic E-state index is 12.3. The van der Waals surface area contributed by atoms with Crippen LogP contribution in [0, 0.1) is 17.2 Å². The average molecular weight is 264 g/mol. The van der Waals surface area contributed by atoms with Crippen molar-refractivity contribution in [2.24, 2.45) is 5.92 Å². The van der Waals surface area contributed by atoms with Crippen LogP contribution in [-0.4, -0.2) is 18.5 Å². The summed E-state index contributed by atoms with van der Waals surface area (Å²) in [5.41, 5.74) is 0.564. The fourth-order valence-corrected chi connectivity index (χ4v) is 2.46. The van der Waals surface area contributed by atoms with E-state index in [1.165, 1.54) is 0 Å². The number of nitrogens with zero attached hydrogens (tertiary/aromatic N) is 1. The summed E-state index contributed by atoms with van der Waals surface area (Å²) in [6, 6.07) is 9.00. The highest BCUT2D eigenvalue weighted by Gasteiger charge is 2.36. The van der Waals surface area contributed by atoms with Gasteiger partial charge in [-0.3, -0.25) is 4.79 Å². The molecule has 1 aliphatic heterocycles. The summed E-state index contributed by atoms with van der Waals surface area (Å²) in [5, 5.41) is 9.68. The Labute approximate surface area is 111 Å². The van der Waals surface area contributed by atoms with Gasteiger partial charge in [-0.25, -0.2) is 0 Å². The first-order chi connectivity index (χ1) is 8.65. The van der Waals surface area contributed by atoms with E-state index in [-0.39, 0.29) is 11.7 Å². The van der Waals surface area contributed by atoms with Gasteiger partial charge in [0.05, 0.1) is 6.07 Å². The first-order valence-corrected chi connectivity index (χ1v) is 6.32. The molecule has 1 aromatic carbocycles. The molecule has 0 saturated carbocycles. The molecule has 0 spiro atoms. The summed E-state index contributed by atoms with van der Waals surface area (Å²) in [6.07, 6.45) is 0.378. The minimum atomic E-state index is -0.843. The van der Waals surface area contributed by atoms with Crippen LogP contribution in [0.5, 0.6) is 0 Å². The minimum absolute atomic E-state index is 0.163. The summed E-state index contributed by atoms with van der Waals surface area (Å²) in [7, 11) is 0. The molecule has 1 fully saturated rings. The molecule has 94 valence electrons. The van der Waals surface area contributed by atoms with Crippen LogP contribution in [-0.2, 0) is 9.53 Å². The van der Waals surface area contributed by atoms with E-state index in [2.05, 4.69) is 0 Å². The fraction of sp³-hybridized carbons (Fsp3) is 0.429. The molecule has 1 heterocycles. The molecule has 0 aromatic heterocycles. The number of nitriles is 1. The number of benzene rings is 1. The monoisotopic (exact) mass is 263 g/mol. The Morgan fingerprint density at radius 2 is 2.28 bits per heavy atom. The number of ether oxygens (including phenoxy) is 1. The maximum atomic E-state index is 12.3. The molecule has 3 atom stereocenters. The highest BCUT2D eigenvalue weighted by Crippen LogP contribution is 2.30. The van der Waals surface area contributed by atoms with Gasteiger partial charge in [0.15, 0.2) is 5.78 Å². The van der Waals surface area contributed by atoms with Gasteiger partial charge in [-0.05, 0) is 24.0 Å². The van der Waals surface area contributed by atoms with Crippen LogP contribution in [0.4, 0.5) is 0 Å². The Morgan fingerprint density at radius 1 is 1.56 bits per heavy atom. The predicted octanol–water partition coefficient (Wildman–Crippen LogP) is 2.94. The third-order valence-corrected chi connectivity index (χ3v) is 3.64. The number of hydrogen-bond acceptors (Lipinski definition) is 3. The largest absolute Gasteiger partial charge is 0.370 e. The van der Waals surface area contributed by atoms with E-state index in [1.54, 1.807) is 24.3 Å². The number of ketones is 1. The summed E-state index contributed by atoms with van der Waals surface area (Å²) < 4.78 is 5.43. The number of carbonyl (C=O) groups excluding carboxylic acids is 1. The SMILES string of the molecule is CC1CCOC1C(=O)C(C#N)c1ccccc1Cl. The average Bonchev–Trinajstić information content (AvgIpc) is 2.78. The number of carbonyl (C=O) groups is 1. The molecule has 3 nitrogen and oxygen atoms in total. The van der Waals surface area contributed by atoms with E-state index in [1.807, 2.05) is 13.0 Å². The first-order valence-electron chi connectivity index (χ1n) is 5.94. The first kappa shape index (κ1) is 13.1. The van der Waals surface area contributed by atoms with Gasteiger partial charge in [0, 0.05) is 11.6 Å². The molecule has 18 heavy (non-hydrogen) atoms. The van der Waals surface area contributed by atoms with E-state index in [4.69, 9.17) is 16.3 Å². The Hall–Kier alpha value is -1.37. The number of hydrogen-bond donors (Lipinski definition) is 0. The third-order valence-electron chi connectivity index (χ3n) is 3.30. The normalized spacial score (nSPS) is 24.5. The van der Waals surface area contributed by atoms with Crippen LogP contribution >= 0.6 is 11.6 Å². The lowest BCUT2D eigenvalue weighted by Crippen LogP contribution is -2.30. The van der Waals surface area contributed by atoms with E-state index < -0.39 is 12.0 Å². The zero-order valence-electron chi connectivity index (χ0n) is 10.1. The number of rotatable bonds is 3. The van der Waals surface area contributed by atoms with Crippen molar-refractivity contribution in [2.75, 3.05) is 6.61 Å². The third kappa shape index (κ3) is 2.40. The Bertz CT molecular complexity index is 495. The molecule has 1 aliphatic rings. The molecule has 0 bridgehead atoms. The highest BCUT2D eigenvalue weighted by atomic mass is 35.5. The number of Topliss-reactive ketones (excluding diaryl/α,β-unsaturated/α-hetero) is 1. The molecule has 0 N–H and O–H groups in total. The molecule has 0 amide bonds. The van der Waals surface area contributed by atoms with E-state index >= 15 is 0 Å². The Kier molecular flexibility index (Phi) is 4.00. The van der Waals surface area contributed by atoms with Crippen molar-refractivity contribution in [2.45, 2.75) is 25.4 Å². The second-order valence-electron chi connectivity index (χ2n) is 4.54. The second-order valence-corrected chi connectivity index (χ2v) is 4.95. The molecule has 4 heteroatoms. The van der Waals surface area contributed by atoms with Gasteiger partial charge in [-0.1, -0.05) is 36.7 Å². The van der Waals surface area contributed by atoms with Crippen molar-refractivity contribution in [3.05, 3.63) is 34.9 Å². The number of halogens is 1. The summed E-state index contributed by atoms with van der Waals surface area (Å²) >= 11 is 6.04. The van der Waals surface area contributed by atoms with Gasteiger partial charge < -0.3 is 4.74 Å². The quantitative estimate of drug-likeness (QED) is 0.842. The van der Waals surface area contributed by atoms with Crippen molar-refractivity contribution in [3.8, 4) is 6.07 Å². The van der Waals surface area contributed by atoms with Crippen LogP contribution < -0.4 is 0 Å². The van der Waals surface area contributed by atoms with Gasteiger partial charge >= 0.3 is 0 Å². The predicted molar refractivity (Wildman–Crippen MR) is 68.3 cm³/mol. The van der Waals surface area contributed by atoms with Crippen LogP contribution in [0.25, 0.3) is 0 Å². The maximum Gasteiger partial charge on any atom is 0.183 e. The van der Waals surface area contributed by atoms with E-state index in [0.717, 1.165) is 6.42 Å². The zero-order chi connectivity index (χ0) is 13.1. The van der Waals surface area contributed by atoms with Crippen molar-refractivity contribution in [1.29, 1.82) is 5.26 Å². The highest BCUT2D eigenvalue weighted by molar-refractivity contribution is 6.31. The molecule has 0 aliphatic carbocycles. The van der Waals surface area contributed by atoms with Crippen LogP contribution in [0.2, 0.25) is 5.02 Å². The summed E-state index contributed by atoms with van der Waals surface area (Å²) in [5.74, 6) is -0.865. The van der Waals surface area contributed by atoms with Gasteiger partial charge in [0.1, 0.15) is 12.0 Å². The standard InChI is InChI=1S/C14H14ClNO2/c1-9-6-7-18-14(9)13(17)11(8-16)10-4-2-3-5-12(10)15/h2-5,9,11,14H,6-7H2,1H3. The molecule has 0 radical (unpaired) electrons. The summed E-state index contributed by atoms with van der Waals surface area (Å²) in [6.45, 7) is 2.55. The Morgan fingerprint density at radius 3 is 2.83 bits per heavy atom. The van der Waals surface area contributed by atoms with Crippen molar-refractivity contribution < 1.29 is 9.53 Å². The molecule has 1 aromatic rings. The minimum Gasteiger partial charge on any atom is -0.370 e. The van der Waals surface area contributed by atoms with Gasteiger partial charge in [0.2, 0.25) is 0 Å².